The van der Waals surface area contributed by atoms with E-state index in [9.17, 15) is 14.4 Å². The van der Waals surface area contributed by atoms with Crippen molar-refractivity contribution in [3.05, 3.63) is 52.6 Å². The van der Waals surface area contributed by atoms with Crippen LogP contribution in [0, 0.1) is 34.5 Å². The number of ketones is 2. The molecule has 5 atom stereocenters. The Morgan fingerprint density at radius 3 is 2.57 bits per heavy atom. The monoisotopic (exact) mass is 499 g/mol. The highest BCUT2D eigenvalue weighted by Crippen LogP contribution is 2.69. The second-order valence-electron chi connectivity index (χ2n) is 11.4. The van der Waals surface area contributed by atoms with Crippen LogP contribution in [-0.2, 0) is 19.1 Å². The maximum absolute atomic E-state index is 13.8. The first-order chi connectivity index (χ1) is 17.7. The van der Waals surface area contributed by atoms with E-state index in [1.165, 1.54) is 29.2 Å². The zero-order valence-corrected chi connectivity index (χ0v) is 22.4. The molecule has 4 aliphatic rings. The van der Waals surface area contributed by atoms with Gasteiger partial charge in [0.05, 0.1) is 5.41 Å². The van der Waals surface area contributed by atoms with Crippen LogP contribution in [0.4, 0.5) is 5.69 Å². The molecular formula is C32H37NO4. The largest absolute Gasteiger partial charge is 0.458 e. The SMILES string of the molecule is CC#C[C@]1(C(=O)COC(C)=O)CC[C@H]2[C@@H]3CCC4=CC(=O)CCC4=C3[C@@H](c3ccc(NC)cc3)C[C@@]21C. The van der Waals surface area contributed by atoms with E-state index in [1.54, 1.807) is 6.92 Å². The van der Waals surface area contributed by atoms with Gasteiger partial charge >= 0.3 is 5.97 Å². The number of carbonyl (C=O) groups excluding carboxylic acids is 3. The summed E-state index contributed by atoms with van der Waals surface area (Å²) < 4.78 is 5.22. The van der Waals surface area contributed by atoms with Gasteiger partial charge in [0.2, 0.25) is 0 Å². The summed E-state index contributed by atoms with van der Waals surface area (Å²) >= 11 is 0. The highest BCUT2D eigenvalue weighted by atomic mass is 16.5. The van der Waals surface area contributed by atoms with Gasteiger partial charge in [-0.15, -0.1) is 5.92 Å². The molecule has 2 saturated carbocycles. The first-order valence-electron chi connectivity index (χ1n) is 13.6. The van der Waals surface area contributed by atoms with Gasteiger partial charge in [-0.25, -0.2) is 0 Å². The Kier molecular flexibility index (Phi) is 6.64. The standard InChI is InChI=1S/C32H37NO4/c1-5-15-32(29(36)19-37-20(2)34)16-14-28-26-12-8-22-17-24(35)11-13-25(22)30(26)27(18-31(28,32)3)21-6-9-23(33-4)10-7-21/h6-7,9-10,17,26-28,33H,8,11-14,16,18-19H2,1-4H3/t26-,27+,28-,31-,32+/m0/s1. The first-order valence-corrected chi connectivity index (χ1v) is 13.6. The fraction of sp³-hybridized carbons (Fsp3) is 0.531. The molecule has 0 spiro atoms. The van der Waals surface area contributed by atoms with Crippen molar-refractivity contribution >= 4 is 23.2 Å². The van der Waals surface area contributed by atoms with Crippen molar-refractivity contribution in [3.8, 4) is 11.8 Å². The molecule has 0 aliphatic heterocycles. The topological polar surface area (TPSA) is 72.5 Å². The normalized spacial score (nSPS) is 32.3. The van der Waals surface area contributed by atoms with E-state index < -0.39 is 11.4 Å². The number of hydrogen-bond donors (Lipinski definition) is 1. The summed E-state index contributed by atoms with van der Waals surface area (Å²) in [6.07, 6.45) is 7.64. The second kappa shape index (κ2) is 9.63. The van der Waals surface area contributed by atoms with Gasteiger partial charge in [-0.3, -0.25) is 14.4 Å². The van der Waals surface area contributed by atoms with Crippen LogP contribution in [0.3, 0.4) is 0 Å². The van der Waals surface area contributed by atoms with Gasteiger partial charge in [-0.05, 0) is 97.6 Å². The summed E-state index contributed by atoms with van der Waals surface area (Å²) in [6, 6.07) is 8.65. The number of nitrogens with one attached hydrogen (secondary N) is 1. The van der Waals surface area contributed by atoms with Crippen LogP contribution in [0.15, 0.2) is 47.1 Å². The molecule has 194 valence electrons. The lowest BCUT2D eigenvalue weighted by molar-refractivity contribution is -0.150. The predicted octanol–water partition coefficient (Wildman–Crippen LogP) is 5.77. The van der Waals surface area contributed by atoms with Gasteiger partial charge in [0, 0.05) is 32.0 Å². The van der Waals surface area contributed by atoms with Crippen LogP contribution in [0.5, 0.6) is 0 Å². The number of fused-ring (bicyclic) bond motifs is 4. The Labute approximate surface area is 220 Å². The Morgan fingerprint density at radius 2 is 1.89 bits per heavy atom. The van der Waals surface area contributed by atoms with Crippen molar-refractivity contribution in [2.75, 3.05) is 19.0 Å². The van der Waals surface area contributed by atoms with E-state index >= 15 is 0 Å². The van der Waals surface area contributed by atoms with Crippen molar-refractivity contribution in [2.45, 2.75) is 71.6 Å². The molecule has 0 radical (unpaired) electrons. The predicted molar refractivity (Wildman–Crippen MR) is 144 cm³/mol. The number of anilines is 1. The third-order valence-electron chi connectivity index (χ3n) is 9.75. The molecule has 2 fully saturated rings. The second-order valence-corrected chi connectivity index (χ2v) is 11.4. The van der Waals surface area contributed by atoms with E-state index in [-0.39, 0.29) is 29.5 Å². The first kappa shape index (κ1) is 25.5. The Balaban J connectivity index is 1.66. The smallest absolute Gasteiger partial charge is 0.303 e. The Morgan fingerprint density at radius 1 is 1.14 bits per heavy atom. The van der Waals surface area contributed by atoms with Gasteiger partial charge in [-0.1, -0.05) is 30.6 Å². The minimum atomic E-state index is -0.833. The van der Waals surface area contributed by atoms with E-state index in [2.05, 4.69) is 48.3 Å². The Bertz CT molecular complexity index is 1260. The van der Waals surface area contributed by atoms with Crippen LogP contribution >= 0.6 is 0 Å². The summed E-state index contributed by atoms with van der Waals surface area (Å²) in [4.78, 5) is 37.7. The molecule has 0 heterocycles. The van der Waals surface area contributed by atoms with E-state index in [0.29, 0.717) is 24.7 Å². The summed E-state index contributed by atoms with van der Waals surface area (Å²) in [5.74, 6) is 7.05. The number of hydrogen-bond acceptors (Lipinski definition) is 5. The third kappa shape index (κ3) is 4.06. The van der Waals surface area contributed by atoms with E-state index in [4.69, 9.17) is 4.74 Å². The fourth-order valence-electron chi connectivity index (χ4n) is 8.11. The zero-order valence-electron chi connectivity index (χ0n) is 22.4. The summed E-state index contributed by atoms with van der Waals surface area (Å²) in [5, 5.41) is 3.21. The summed E-state index contributed by atoms with van der Waals surface area (Å²) in [6.45, 7) is 5.20. The van der Waals surface area contributed by atoms with Crippen molar-refractivity contribution in [3.63, 3.8) is 0 Å². The molecule has 5 rings (SSSR count). The van der Waals surface area contributed by atoms with Gasteiger partial charge in [0.1, 0.15) is 0 Å². The third-order valence-corrected chi connectivity index (χ3v) is 9.75. The Hall–Kier alpha value is -3.13. The molecule has 0 saturated heterocycles. The minimum absolute atomic E-state index is 0.0675. The maximum Gasteiger partial charge on any atom is 0.303 e. The highest BCUT2D eigenvalue weighted by Gasteiger charge is 2.65. The average molecular weight is 500 g/mol. The van der Waals surface area contributed by atoms with Gasteiger partial charge < -0.3 is 10.1 Å². The number of benzene rings is 1. The van der Waals surface area contributed by atoms with E-state index in [1.807, 2.05) is 13.1 Å². The average Bonchev–Trinajstić information content (AvgIpc) is 3.19. The number of carbonyl (C=O) groups is 3. The summed E-state index contributed by atoms with van der Waals surface area (Å²) in [7, 11) is 1.92. The molecule has 1 aromatic carbocycles. The molecule has 0 bridgehead atoms. The molecule has 1 N–H and O–H groups in total. The lowest BCUT2D eigenvalue weighted by atomic mass is 9.48. The molecule has 0 aromatic heterocycles. The quantitative estimate of drug-likeness (QED) is 0.411. The fourth-order valence-corrected chi connectivity index (χ4v) is 8.11. The molecule has 0 amide bonds. The van der Waals surface area contributed by atoms with Crippen LogP contribution < -0.4 is 5.32 Å². The minimum Gasteiger partial charge on any atom is -0.458 e. The van der Waals surface area contributed by atoms with Gasteiger partial charge in [0.15, 0.2) is 18.2 Å². The van der Waals surface area contributed by atoms with Crippen molar-refractivity contribution in [2.24, 2.45) is 22.7 Å². The summed E-state index contributed by atoms with van der Waals surface area (Å²) in [5.41, 5.74) is 5.26. The number of allylic oxidation sites excluding steroid dienone is 4. The zero-order chi connectivity index (χ0) is 26.4. The number of esters is 1. The van der Waals surface area contributed by atoms with Crippen molar-refractivity contribution in [1.82, 2.24) is 0 Å². The van der Waals surface area contributed by atoms with Gasteiger partial charge in [0.25, 0.3) is 0 Å². The molecule has 0 unspecified atom stereocenters. The van der Waals surface area contributed by atoms with Crippen molar-refractivity contribution < 1.29 is 19.1 Å². The van der Waals surface area contributed by atoms with Gasteiger partial charge in [-0.2, -0.15) is 0 Å². The van der Waals surface area contributed by atoms with Crippen molar-refractivity contribution in [1.29, 1.82) is 0 Å². The molecule has 37 heavy (non-hydrogen) atoms. The lowest BCUT2D eigenvalue weighted by Crippen LogP contribution is -2.51. The van der Waals surface area contributed by atoms with E-state index in [0.717, 1.165) is 37.8 Å². The van der Waals surface area contributed by atoms with Crippen LogP contribution in [-0.4, -0.2) is 31.2 Å². The molecule has 4 aliphatic carbocycles. The number of Topliss-reactive ketones (excluding diaryl/α,β-unsaturated/α-hetero) is 1. The molecular weight excluding hydrogens is 462 g/mol. The lowest BCUT2D eigenvalue weighted by Gasteiger charge is -2.54. The molecule has 5 nitrogen and oxygen atoms in total. The number of ether oxygens (including phenoxy) is 1. The van der Waals surface area contributed by atoms with Crippen LogP contribution in [0.25, 0.3) is 0 Å². The maximum atomic E-state index is 13.8. The van der Waals surface area contributed by atoms with Crippen LogP contribution in [0.2, 0.25) is 0 Å². The van der Waals surface area contributed by atoms with Crippen LogP contribution in [0.1, 0.15) is 77.2 Å². The number of rotatable bonds is 5. The highest BCUT2D eigenvalue weighted by molar-refractivity contribution is 5.93. The molecule has 1 aromatic rings. The molecule has 5 heteroatoms.